The van der Waals surface area contributed by atoms with Gasteiger partial charge in [-0.2, -0.15) is 5.26 Å². The van der Waals surface area contributed by atoms with Gasteiger partial charge in [-0.1, -0.05) is 13.8 Å². The first-order chi connectivity index (χ1) is 9.52. The lowest BCUT2D eigenvalue weighted by Crippen LogP contribution is -2.21. The minimum atomic E-state index is 0.324. The van der Waals surface area contributed by atoms with Crippen molar-refractivity contribution in [3.8, 4) is 6.07 Å². The number of nitriles is 1. The summed E-state index contributed by atoms with van der Waals surface area (Å²) in [4.78, 5) is 6.52. The summed E-state index contributed by atoms with van der Waals surface area (Å²) >= 11 is 0. The molecular formula is C14H18N6. The third kappa shape index (κ3) is 2.77. The number of pyridine rings is 1. The van der Waals surface area contributed by atoms with Gasteiger partial charge in [-0.3, -0.25) is 0 Å². The molecule has 0 saturated carbocycles. The van der Waals surface area contributed by atoms with Gasteiger partial charge in [-0.25, -0.2) is 4.98 Å². The molecule has 0 N–H and O–H groups in total. The number of anilines is 1. The van der Waals surface area contributed by atoms with Crippen molar-refractivity contribution in [1.82, 2.24) is 19.7 Å². The van der Waals surface area contributed by atoms with Crippen molar-refractivity contribution in [3.05, 3.63) is 35.5 Å². The van der Waals surface area contributed by atoms with Gasteiger partial charge in [-0.05, 0) is 18.1 Å². The molecule has 0 aliphatic heterocycles. The van der Waals surface area contributed by atoms with Crippen molar-refractivity contribution in [3.63, 3.8) is 0 Å². The van der Waals surface area contributed by atoms with Crippen molar-refractivity contribution in [2.75, 3.05) is 11.9 Å². The molecule has 0 amide bonds. The maximum Gasteiger partial charge on any atom is 0.152 e. The molecule has 0 saturated heterocycles. The predicted octanol–water partition coefficient (Wildman–Crippen LogP) is 1.84. The van der Waals surface area contributed by atoms with Gasteiger partial charge in [0.1, 0.15) is 18.2 Å². The van der Waals surface area contributed by atoms with Crippen LogP contribution in [0.15, 0.2) is 18.5 Å². The van der Waals surface area contributed by atoms with Gasteiger partial charge in [0.2, 0.25) is 0 Å². The zero-order valence-corrected chi connectivity index (χ0v) is 12.2. The molecule has 0 bridgehead atoms. The van der Waals surface area contributed by atoms with Crippen LogP contribution in [0.4, 0.5) is 5.82 Å². The zero-order chi connectivity index (χ0) is 14.7. The van der Waals surface area contributed by atoms with E-state index in [1.165, 1.54) is 0 Å². The topological polar surface area (TPSA) is 70.6 Å². The lowest BCUT2D eigenvalue weighted by molar-refractivity contribution is 0.745. The predicted molar refractivity (Wildman–Crippen MR) is 76.2 cm³/mol. The molecule has 6 heteroatoms. The van der Waals surface area contributed by atoms with Crippen molar-refractivity contribution >= 4 is 5.82 Å². The quantitative estimate of drug-likeness (QED) is 0.847. The summed E-state index contributed by atoms with van der Waals surface area (Å²) in [6.45, 7) is 4.72. The summed E-state index contributed by atoms with van der Waals surface area (Å²) in [5.41, 5.74) is 1.54. The van der Waals surface area contributed by atoms with Gasteiger partial charge >= 0.3 is 0 Å². The van der Waals surface area contributed by atoms with Gasteiger partial charge in [0.15, 0.2) is 5.82 Å². The van der Waals surface area contributed by atoms with E-state index in [2.05, 4.69) is 35.1 Å². The summed E-state index contributed by atoms with van der Waals surface area (Å²) in [6.07, 6.45) is 1.66. The van der Waals surface area contributed by atoms with Crippen LogP contribution in [-0.4, -0.2) is 26.8 Å². The van der Waals surface area contributed by atoms with E-state index in [9.17, 15) is 5.26 Å². The van der Waals surface area contributed by atoms with E-state index in [1.807, 2.05) is 35.7 Å². The van der Waals surface area contributed by atoms with E-state index in [0.29, 0.717) is 23.8 Å². The van der Waals surface area contributed by atoms with Crippen LogP contribution in [-0.2, 0) is 13.6 Å². The van der Waals surface area contributed by atoms with Crippen molar-refractivity contribution in [1.29, 1.82) is 5.26 Å². The number of aryl methyl sites for hydroxylation is 1. The fourth-order valence-corrected chi connectivity index (χ4v) is 1.90. The number of nitrogens with zero attached hydrogens (tertiary/aromatic N) is 6. The Bertz CT molecular complexity index is 637. The van der Waals surface area contributed by atoms with Crippen LogP contribution in [0.5, 0.6) is 0 Å². The highest BCUT2D eigenvalue weighted by atomic mass is 15.3. The molecule has 6 nitrogen and oxygen atoms in total. The molecule has 2 rings (SSSR count). The number of hydrogen-bond acceptors (Lipinski definition) is 5. The van der Waals surface area contributed by atoms with Gasteiger partial charge < -0.3 is 9.47 Å². The molecule has 0 fully saturated rings. The first-order valence-electron chi connectivity index (χ1n) is 6.48. The Balaban J connectivity index is 2.33. The molecule has 2 aromatic heterocycles. The number of aromatic nitrogens is 4. The Kier molecular flexibility index (Phi) is 3.99. The molecule has 0 radical (unpaired) electrons. The maximum absolute atomic E-state index is 9.23. The minimum Gasteiger partial charge on any atom is -0.351 e. The normalized spacial score (nSPS) is 10.6. The van der Waals surface area contributed by atoms with Gasteiger partial charge in [-0.15, -0.1) is 10.2 Å². The second kappa shape index (κ2) is 5.70. The summed E-state index contributed by atoms with van der Waals surface area (Å²) in [6, 6.07) is 5.92. The van der Waals surface area contributed by atoms with Crippen molar-refractivity contribution in [2.45, 2.75) is 26.3 Å². The molecule has 20 heavy (non-hydrogen) atoms. The Morgan fingerprint density at radius 1 is 1.40 bits per heavy atom. The third-order valence-electron chi connectivity index (χ3n) is 3.15. The number of rotatable bonds is 4. The maximum atomic E-state index is 9.23. The second-order valence-electron chi connectivity index (χ2n) is 5.09. The van der Waals surface area contributed by atoms with Crippen LogP contribution in [0.3, 0.4) is 0 Å². The van der Waals surface area contributed by atoms with Crippen molar-refractivity contribution in [2.24, 2.45) is 7.05 Å². The molecule has 0 aliphatic carbocycles. The van der Waals surface area contributed by atoms with Crippen LogP contribution in [0.2, 0.25) is 0 Å². The summed E-state index contributed by atoms with van der Waals surface area (Å²) < 4.78 is 1.86. The third-order valence-corrected chi connectivity index (χ3v) is 3.15. The highest BCUT2D eigenvalue weighted by Gasteiger charge is 2.14. The molecule has 0 aliphatic rings. The Labute approximate surface area is 118 Å². The van der Waals surface area contributed by atoms with E-state index >= 15 is 0 Å². The first kappa shape index (κ1) is 14.0. The minimum absolute atomic E-state index is 0.324. The first-order valence-corrected chi connectivity index (χ1v) is 6.48. The Hall–Kier alpha value is -2.42. The zero-order valence-electron chi connectivity index (χ0n) is 12.2. The average molecular weight is 270 g/mol. The fourth-order valence-electron chi connectivity index (χ4n) is 1.90. The van der Waals surface area contributed by atoms with Crippen LogP contribution in [0, 0.1) is 11.3 Å². The molecule has 0 atom stereocenters. The highest BCUT2D eigenvalue weighted by molar-refractivity contribution is 5.54. The van der Waals surface area contributed by atoms with Crippen LogP contribution >= 0.6 is 0 Å². The molecule has 2 aromatic rings. The lowest BCUT2D eigenvalue weighted by atomic mass is 10.1. The van der Waals surface area contributed by atoms with E-state index in [0.717, 1.165) is 11.5 Å². The highest BCUT2D eigenvalue weighted by Crippen LogP contribution is 2.21. The molecule has 0 unspecified atom stereocenters. The van der Waals surface area contributed by atoms with Gasteiger partial charge in [0, 0.05) is 19.8 Å². The monoisotopic (exact) mass is 270 g/mol. The Morgan fingerprint density at radius 3 is 2.70 bits per heavy atom. The summed E-state index contributed by atoms with van der Waals surface area (Å²) in [7, 11) is 3.80. The molecule has 0 spiro atoms. The molecular weight excluding hydrogens is 252 g/mol. The van der Waals surface area contributed by atoms with Gasteiger partial charge in [0.25, 0.3) is 0 Å². The molecule has 2 heterocycles. The van der Waals surface area contributed by atoms with E-state index < -0.39 is 0 Å². The second-order valence-corrected chi connectivity index (χ2v) is 5.09. The molecule has 0 aromatic carbocycles. The van der Waals surface area contributed by atoms with E-state index in [-0.39, 0.29) is 0 Å². The lowest BCUT2D eigenvalue weighted by Gasteiger charge is -2.20. The smallest absolute Gasteiger partial charge is 0.152 e. The number of hydrogen-bond donors (Lipinski definition) is 0. The largest absolute Gasteiger partial charge is 0.351 e. The van der Waals surface area contributed by atoms with Crippen molar-refractivity contribution < 1.29 is 0 Å². The van der Waals surface area contributed by atoms with Gasteiger partial charge in [0.05, 0.1) is 12.1 Å². The summed E-state index contributed by atoms with van der Waals surface area (Å²) in [5.74, 6) is 1.83. The average Bonchev–Trinajstić information content (AvgIpc) is 2.83. The van der Waals surface area contributed by atoms with Crippen LogP contribution < -0.4 is 4.90 Å². The fraction of sp³-hybridized carbons (Fsp3) is 0.429. The van der Waals surface area contributed by atoms with E-state index in [4.69, 9.17) is 0 Å². The summed E-state index contributed by atoms with van der Waals surface area (Å²) in [5, 5.41) is 17.1. The van der Waals surface area contributed by atoms with E-state index in [1.54, 1.807) is 6.33 Å². The molecule has 104 valence electrons. The van der Waals surface area contributed by atoms with Crippen LogP contribution in [0.1, 0.15) is 36.8 Å². The van der Waals surface area contributed by atoms with Crippen LogP contribution in [0.25, 0.3) is 0 Å². The SMILES string of the molecule is CC(C)c1ccc(C#N)c(N(C)Cc2nncn2C)n1. The Morgan fingerprint density at radius 2 is 2.15 bits per heavy atom. The standard InChI is InChI=1S/C14H18N6/c1-10(2)12-6-5-11(7-15)14(17-12)19(3)8-13-18-16-9-20(13)4/h5-6,9-10H,8H2,1-4H3.